The summed E-state index contributed by atoms with van der Waals surface area (Å²) in [4.78, 5) is 21.7. The molecule has 3 N–H and O–H groups in total. The van der Waals surface area contributed by atoms with Crippen LogP contribution in [-0.2, 0) is 10.0 Å². The predicted octanol–water partition coefficient (Wildman–Crippen LogP) is 5.61. The van der Waals surface area contributed by atoms with Gasteiger partial charge in [-0.25, -0.2) is 27.8 Å². The van der Waals surface area contributed by atoms with Crippen molar-refractivity contribution >= 4 is 33.3 Å². The Labute approximate surface area is 258 Å². The normalized spacial score (nSPS) is 11.6. The van der Waals surface area contributed by atoms with Crippen LogP contribution in [0.4, 0.5) is 11.6 Å². The molecular weight excluding hydrogens is 590 g/mol. The molecule has 45 heavy (non-hydrogen) atoms. The fraction of sp³-hybridized carbons (Fsp3) is 0. The summed E-state index contributed by atoms with van der Waals surface area (Å²) in [6, 6.07) is 34.9. The highest BCUT2D eigenvalue weighted by Crippen LogP contribution is 2.32. The van der Waals surface area contributed by atoms with E-state index in [0.29, 0.717) is 28.2 Å². The molecule has 11 nitrogen and oxygen atoms in total. The Kier molecular flexibility index (Phi) is 8.12. The highest BCUT2D eigenvalue weighted by molar-refractivity contribution is 7.92. The van der Waals surface area contributed by atoms with Crippen molar-refractivity contribution in [2.75, 3.05) is 10.0 Å². The van der Waals surface area contributed by atoms with Crippen LogP contribution in [-0.4, -0.2) is 45.0 Å². The van der Waals surface area contributed by atoms with E-state index in [2.05, 4.69) is 25.2 Å². The summed E-state index contributed by atoms with van der Waals surface area (Å²) in [5, 5.41) is 21.5. The van der Waals surface area contributed by atoms with Gasteiger partial charge in [0.25, 0.3) is 15.9 Å². The van der Waals surface area contributed by atoms with Crippen LogP contribution in [0, 0.1) is 0 Å². The summed E-state index contributed by atoms with van der Waals surface area (Å²) >= 11 is 0. The van der Waals surface area contributed by atoms with Gasteiger partial charge in [0.15, 0.2) is 5.69 Å². The zero-order valence-electron chi connectivity index (χ0n) is 23.5. The van der Waals surface area contributed by atoms with E-state index < -0.39 is 15.9 Å². The number of sulfonamides is 1. The van der Waals surface area contributed by atoms with E-state index in [1.54, 1.807) is 35.0 Å². The van der Waals surface area contributed by atoms with Crippen molar-refractivity contribution in [3.8, 4) is 16.9 Å². The summed E-state index contributed by atoms with van der Waals surface area (Å²) in [5.41, 5.74) is 3.31. The van der Waals surface area contributed by atoms with Crippen molar-refractivity contribution in [1.82, 2.24) is 19.7 Å². The van der Waals surface area contributed by atoms with Crippen LogP contribution in [0.5, 0.6) is 0 Å². The fourth-order valence-corrected chi connectivity index (χ4v) is 5.66. The molecule has 4 aromatic carbocycles. The van der Waals surface area contributed by atoms with Crippen LogP contribution < -0.4 is 10.0 Å². The van der Waals surface area contributed by atoms with Crippen molar-refractivity contribution < 1.29 is 18.4 Å². The van der Waals surface area contributed by atoms with E-state index in [-0.39, 0.29) is 22.2 Å². The Morgan fingerprint density at radius 1 is 0.756 bits per heavy atom. The standard InChI is InChI=1S/C33H25N7O4S/c41-32(36-25-17-19-27(20-18-25)45(43,44)39-33-34-21-10-22-35-33)30-28(29(38-42)23-11-4-1-5-12-23)31(24-13-6-2-7-14-24)40(37-30)26-15-8-3-9-16-26/h1-22,42H,(H,36,41)(H,34,35,39)/b38-29+. The molecule has 6 aromatic rings. The summed E-state index contributed by atoms with van der Waals surface area (Å²) in [5.74, 6) is -0.661. The van der Waals surface area contributed by atoms with Gasteiger partial charge in [-0.15, -0.1) is 0 Å². The lowest BCUT2D eigenvalue weighted by molar-refractivity contribution is 0.102. The smallest absolute Gasteiger partial charge is 0.276 e. The van der Waals surface area contributed by atoms with E-state index in [9.17, 15) is 18.4 Å². The number of oxime groups is 1. The maximum absolute atomic E-state index is 14.0. The molecule has 0 aliphatic rings. The molecule has 12 heteroatoms. The van der Waals surface area contributed by atoms with Crippen molar-refractivity contribution in [3.05, 3.63) is 151 Å². The third kappa shape index (κ3) is 6.17. The Hall–Kier alpha value is -6.14. The molecule has 1 amide bonds. The molecule has 0 fully saturated rings. The third-order valence-electron chi connectivity index (χ3n) is 6.75. The van der Waals surface area contributed by atoms with Gasteiger partial charge in [0, 0.05) is 29.2 Å². The number of para-hydroxylation sites is 1. The van der Waals surface area contributed by atoms with Crippen molar-refractivity contribution in [1.29, 1.82) is 0 Å². The number of anilines is 2. The number of carbonyl (C=O) groups excluding carboxylic acids is 1. The van der Waals surface area contributed by atoms with Crippen LogP contribution in [0.25, 0.3) is 16.9 Å². The van der Waals surface area contributed by atoms with Crippen LogP contribution in [0.3, 0.4) is 0 Å². The largest absolute Gasteiger partial charge is 0.410 e. The molecule has 2 heterocycles. The lowest BCUT2D eigenvalue weighted by Crippen LogP contribution is -2.18. The molecule has 0 aliphatic carbocycles. The molecule has 0 aliphatic heterocycles. The molecule has 0 radical (unpaired) electrons. The fourth-order valence-electron chi connectivity index (χ4n) is 4.71. The highest BCUT2D eigenvalue weighted by Gasteiger charge is 2.29. The van der Waals surface area contributed by atoms with Crippen LogP contribution >= 0.6 is 0 Å². The summed E-state index contributed by atoms with van der Waals surface area (Å²) in [7, 11) is -3.97. The Bertz CT molecular complexity index is 2070. The number of nitrogens with zero attached hydrogens (tertiary/aromatic N) is 5. The zero-order valence-corrected chi connectivity index (χ0v) is 24.3. The SMILES string of the molecule is O=C(Nc1ccc(S(=O)(=O)Nc2ncccn2)cc1)c1nn(-c2ccccc2)c(-c2ccccc2)c1/C(=N/O)c1ccccc1. The lowest BCUT2D eigenvalue weighted by Gasteiger charge is -2.12. The van der Waals surface area contributed by atoms with Gasteiger partial charge in [-0.1, -0.05) is 84.0 Å². The number of carbonyl (C=O) groups is 1. The van der Waals surface area contributed by atoms with E-state index in [4.69, 9.17) is 5.10 Å². The maximum atomic E-state index is 14.0. The predicted molar refractivity (Wildman–Crippen MR) is 170 cm³/mol. The minimum absolute atomic E-state index is 0.00560. The molecule has 0 atom stereocenters. The van der Waals surface area contributed by atoms with Crippen molar-refractivity contribution in [3.63, 3.8) is 0 Å². The molecule has 6 rings (SSSR count). The van der Waals surface area contributed by atoms with Crippen LogP contribution in [0.15, 0.2) is 144 Å². The minimum Gasteiger partial charge on any atom is -0.410 e. The van der Waals surface area contributed by atoms with Crippen LogP contribution in [0.2, 0.25) is 0 Å². The number of benzene rings is 4. The first-order valence-corrected chi connectivity index (χ1v) is 15.2. The van der Waals surface area contributed by atoms with Crippen molar-refractivity contribution in [2.24, 2.45) is 5.16 Å². The lowest BCUT2D eigenvalue weighted by atomic mass is 9.96. The average molecular weight is 616 g/mol. The molecule has 0 bridgehead atoms. The van der Waals surface area contributed by atoms with E-state index >= 15 is 0 Å². The second-order valence-electron chi connectivity index (χ2n) is 9.66. The molecule has 222 valence electrons. The van der Waals surface area contributed by atoms with Gasteiger partial charge in [0.2, 0.25) is 5.95 Å². The number of amides is 1. The summed E-state index contributed by atoms with van der Waals surface area (Å²) in [6.07, 6.45) is 2.84. The first-order valence-electron chi connectivity index (χ1n) is 13.7. The number of aromatic nitrogens is 4. The Morgan fingerprint density at radius 3 is 1.98 bits per heavy atom. The molecular formula is C33H25N7O4S. The highest BCUT2D eigenvalue weighted by atomic mass is 32.2. The van der Waals surface area contributed by atoms with E-state index in [1.165, 1.54) is 36.7 Å². The number of hydrogen-bond donors (Lipinski definition) is 3. The number of nitrogens with one attached hydrogen (secondary N) is 2. The average Bonchev–Trinajstić information content (AvgIpc) is 3.47. The quantitative estimate of drug-likeness (QED) is 0.109. The van der Waals surface area contributed by atoms with Crippen LogP contribution in [0.1, 0.15) is 21.6 Å². The molecule has 2 aromatic heterocycles. The minimum atomic E-state index is -3.97. The molecule has 0 unspecified atom stereocenters. The Balaban J connectivity index is 1.42. The van der Waals surface area contributed by atoms with Crippen molar-refractivity contribution in [2.45, 2.75) is 4.90 Å². The molecule has 0 saturated heterocycles. The van der Waals surface area contributed by atoms with Gasteiger partial charge in [-0.3, -0.25) is 4.79 Å². The number of hydrogen-bond acceptors (Lipinski definition) is 8. The van der Waals surface area contributed by atoms with Gasteiger partial charge >= 0.3 is 0 Å². The van der Waals surface area contributed by atoms with Gasteiger partial charge in [0.05, 0.1) is 21.8 Å². The first kappa shape index (κ1) is 29.0. The molecule has 0 spiro atoms. The molecule has 0 saturated carbocycles. The maximum Gasteiger partial charge on any atom is 0.276 e. The Morgan fingerprint density at radius 2 is 1.36 bits per heavy atom. The van der Waals surface area contributed by atoms with E-state index in [1.807, 2.05) is 66.7 Å². The second-order valence-corrected chi connectivity index (χ2v) is 11.3. The first-order chi connectivity index (χ1) is 21.9. The van der Waals surface area contributed by atoms with Gasteiger partial charge in [-0.2, -0.15) is 5.10 Å². The van der Waals surface area contributed by atoms with Gasteiger partial charge in [-0.05, 0) is 42.5 Å². The third-order valence-corrected chi connectivity index (χ3v) is 8.09. The monoisotopic (exact) mass is 615 g/mol. The van der Waals surface area contributed by atoms with E-state index in [0.717, 1.165) is 5.56 Å². The summed E-state index contributed by atoms with van der Waals surface area (Å²) in [6.45, 7) is 0. The topological polar surface area (TPSA) is 151 Å². The summed E-state index contributed by atoms with van der Waals surface area (Å²) < 4.78 is 29.6. The zero-order chi connectivity index (χ0) is 31.2. The van der Waals surface area contributed by atoms with Gasteiger partial charge < -0.3 is 10.5 Å². The number of rotatable bonds is 9. The van der Waals surface area contributed by atoms with Gasteiger partial charge in [0.1, 0.15) is 5.71 Å². The second kappa shape index (κ2) is 12.6.